The van der Waals surface area contributed by atoms with Crippen LogP contribution in [0.1, 0.15) is 31.3 Å². The van der Waals surface area contributed by atoms with Gasteiger partial charge in [-0.15, -0.1) is 0 Å². The van der Waals surface area contributed by atoms with Gasteiger partial charge in [-0.2, -0.15) is 0 Å². The minimum absolute atomic E-state index is 0.0246. The highest BCUT2D eigenvalue weighted by Gasteiger charge is 2.18. The lowest BCUT2D eigenvalue weighted by molar-refractivity contribution is 0.0491. The minimum Gasteiger partial charge on any atom is -0.460 e. The highest BCUT2D eigenvalue weighted by Crippen LogP contribution is 2.25. The summed E-state index contributed by atoms with van der Waals surface area (Å²) < 4.78 is 15.7. The number of anilines is 1. The van der Waals surface area contributed by atoms with E-state index in [1.54, 1.807) is 13.0 Å². The second-order valence-corrected chi connectivity index (χ2v) is 5.59. The summed E-state index contributed by atoms with van der Waals surface area (Å²) in [6, 6.07) is 7.34. The van der Waals surface area contributed by atoms with Crippen LogP contribution < -0.4 is 10.5 Å². The van der Waals surface area contributed by atoms with Crippen molar-refractivity contribution in [3.05, 3.63) is 46.6 Å². The average Bonchev–Trinajstić information content (AvgIpc) is 3.12. The van der Waals surface area contributed by atoms with Crippen molar-refractivity contribution >= 4 is 22.6 Å². The van der Waals surface area contributed by atoms with Crippen LogP contribution in [-0.2, 0) is 4.74 Å². The number of hydrogen-bond acceptors (Lipinski definition) is 7. The summed E-state index contributed by atoms with van der Waals surface area (Å²) in [5.41, 5.74) is 1.05. The average molecular weight is 356 g/mol. The van der Waals surface area contributed by atoms with Gasteiger partial charge in [0.1, 0.15) is 11.1 Å². The molecule has 3 rings (SSSR count). The summed E-state index contributed by atoms with van der Waals surface area (Å²) in [6.07, 6.45) is 1.24. The smallest absolute Gasteiger partial charge is 0.375 e. The van der Waals surface area contributed by atoms with Crippen molar-refractivity contribution in [1.29, 1.82) is 0 Å². The van der Waals surface area contributed by atoms with Crippen LogP contribution in [0.5, 0.6) is 0 Å². The molecule has 0 bridgehead atoms. The van der Waals surface area contributed by atoms with Crippen molar-refractivity contribution in [1.82, 2.24) is 4.98 Å². The Morgan fingerprint density at radius 1 is 1.15 bits per heavy atom. The molecule has 7 heteroatoms. The van der Waals surface area contributed by atoms with Crippen LogP contribution in [-0.4, -0.2) is 30.6 Å². The summed E-state index contributed by atoms with van der Waals surface area (Å²) in [5.74, 6) is -0.657. The molecule has 0 saturated carbocycles. The van der Waals surface area contributed by atoms with E-state index in [1.165, 1.54) is 6.20 Å². The summed E-state index contributed by atoms with van der Waals surface area (Å²) in [4.78, 5) is 30.2. The number of hydrogen-bond donors (Lipinski definition) is 0. The molecule has 0 amide bonds. The quantitative estimate of drug-likeness (QED) is 0.494. The number of benzene rings is 1. The third-order valence-corrected chi connectivity index (χ3v) is 4.06. The molecule has 2 heterocycles. The van der Waals surface area contributed by atoms with E-state index in [9.17, 15) is 9.59 Å². The SMILES string of the molecule is CCOC(=O)c1cnc(-c2cc3ccc(N(CC)CC)cc3oc2=O)o1. The van der Waals surface area contributed by atoms with Gasteiger partial charge in [0.05, 0.1) is 12.8 Å². The minimum atomic E-state index is -0.625. The molecule has 0 atom stereocenters. The van der Waals surface area contributed by atoms with Crippen molar-refractivity contribution in [2.75, 3.05) is 24.6 Å². The van der Waals surface area contributed by atoms with Crippen LogP contribution in [0.2, 0.25) is 0 Å². The largest absolute Gasteiger partial charge is 0.460 e. The zero-order chi connectivity index (χ0) is 18.7. The molecular weight excluding hydrogens is 336 g/mol. The number of oxazole rings is 1. The van der Waals surface area contributed by atoms with Gasteiger partial charge in [0.15, 0.2) is 0 Å². The van der Waals surface area contributed by atoms with E-state index in [-0.39, 0.29) is 23.8 Å². The molecule has 0 fully saturated rings. The van der Waals surface area contributed by atoms with Crippen LogP contribution in [0.3, 0.4) is 0 Å². The van der Waals surface area contributed by atoms with Gasteiger partial charge in [-0.3, -0.25) is 0 Å². The molecule has 0 aliphatic heterocycles. The zero-order valence-corrected chi connectivity index (χ0v) is 14.9. The van der Waals surface area contributed by atoms with Gasteiger partial charge in [0.25, 0.3) is 0 Å². The van der Waals surface area contributed by atoms with Gasteiger partial charge < -0.3 is 18.5 Å². The first-order valence-electron chi connectivity index (χ1n) is 8.53. The Bertz CT molecular complexity index is 985. The summed E-state index contributed by atoms with van der Waals surface area (Å²) >= 11 is 0. The van der Waals surface area contributed by atoms with E-state index in [2.05, 4.69) is 23.7 Å². The first-order valence-corrected chi connectivity index (χ1v) is 8.53. The normalized spacial score (nSPS) is 10.9. The number of rotatable bonds is 6. The van der Waals surface area contributed by atoms with Crippen LogP contribution in [0.4, 0.5) is 5.69 Å². The summed E-state index contributed by atoms with van der Waals surface area (Å²) in [6.45, 7) is 7.77. The third kappa shape index (κ3) is 3.33. The van der Waals surface area contributed by atoms with E-state index in [4.69, 9.17) is 13.6 Å². The highest BCUT2D eigenvalue weighted by atomic mass is 16.5. The number of esters is 1. The van der Waals surface area contributed by atoms with Gasteiger partial charge in [-0.1, -0.05) is 0 Å². The molecule has 0 N–H and O–H groups in total. The predicted octanol–water partition coefficient (Wildman–Crippen LogP) is 3.47. The maximum absolute atomic E-state index is 12.4. The second kappa shape index (κ2) is 7.43. The van der Waals surface area contributed by atoms with Crippen LogP contribution in [0, 0.1) is 0 Å². The van der Waals surface area contributed by atoms with Crippen molar-refractivity contribution in [3.8, 4) is 11.5 Å². The fourth-order valence-electron chi connectivity index (χ4n) is 2.73. The number of ether oxygens (including phenoxy) is 1. The summed E-state index contributed by atoms with van der Waals surface area (Å²) in [5, 5.41) is 0.742. The zero-order valence-electron chi connectivity index (χ0n) is 14.9. The molecule has 1 aromatic carbocycles. The maximum atomic E-state index is 12.4. The molecule has 26 heavy (non-hydrogen) atoms. The van der Waals surface area contributed by atoms with E-state index < -0.39 is 11.6 Å². The Balaban J connectivity index is 2.01. The van der Waals surface area contributed by atoms with Gasteiger partial charge in [-0.25, -0.2) is 14.6 Å². The molecule has 2 aromatic heterocycles. The third-order valence-electron chi connectivity index (χ3n) is 4.06. The Morgan fingerprint density at radius 2 is 1.92 bits per heavy atom. The Labute approximate surface area is 150 Å². The monoisotopic (exact) mass is 356 g/mol. The first kappa shape index (κ1) is 17.7. The fourth-order valence-corrected chi connectivity index (χ4v) is 2.73. The van der Waals surface area contributed by atoms with E-state index in [0.717, 1.165) is 24.2 Å². The lowest BCUT2D eigenvalue weighted by atomic mass is 10.1. The Hall–Kier alpha value is -3.09. The number of aromatic nitrogens is 1. The molecule has 136 valence electrons. The van der Waals surface area contributed by atoms with Gasteiger partial charge in [0.2, 0.25) is 11.7 Å². The predicted molar refractivity (Wildman–Crippen MR) is 97.5 cm³/mol. The standard InChI is InChI=1S/C19H20N2O5/c1-4-21(5-2)13-8-7-12-9-14(18(22)26-15(12)10-13)17-20-11-16(25-17)19(23)24-6-3/h7-11H,4-6H2,1-3H3. The van der Waals surface area contributed by atoms with Crippen molar-refractivity contribution < 1.29 is 18.4 Å². The molecule has 0 unspecified atom stereocenters. The van der Waals surface area contributed by atoms with Gasteiger partial charge >= 0.3 is 11.6 Å². The molecule has 0 spiro atoms. The fraction of sp³-hybridized carbons (Fsp3) is 0.316. The summed E-state index contributed by atoms with van der Waals surface area (Å²) in [7, 11) is 0. The highest BCUT2D eigenvalue weighted by molar-refractivity contribution is 5.87. The molecule has 0 saturated heterocycles. The van der Waals surface area contributed by atoms with Crippen molar-refractivity contribution in [2.24, 2.45) is 0 Å². The Kier molecular flexibility index (Phi) is 5.06. The topological polar surface area (TPSA) is 85.8 Å². The molecule has 7 nitrogen and oxygen atoms in total. The molecular formula is C19H20N2O5. The lowest BCUT2D eigenvalue weighted by Gasteiger charge is -2.20. The van der Waals surface area contributed by atoms with Crippen LogP contribution >= 0.6 is 0 Å². The van der Waals surface area contributed by atoms with E-state index in [0.29, 0.717) is 5.58 Å². The van der Waals surface area contributed by atoms with Crippen LogP contribution in [0.15, 0.2) is 44.1 Å². The van der Waals surface area contributed by atoms with Crippen LogP contribution in [0.25, 0.3) is 22.4 Å². The number of carbonyl (C=O) groups is 1. The van der Waals surface area contributed by atoms with Gasteiger partial charge in [0, 0.05) is 30.2 Å². The van der Waals surface area contributed by atoms with Gasteiger partial charge in [-0.05, 0) is 39.0 Å². The van der Waals surface area contributed by atoms with Crippen molar-refractivity contribution in [3.63, 3.8) is 0 Å². The molecule has 0 aliphatic carbocycles. The molecule has 3 aromatic rings. The maximum Gasteiger partial charge on any atom is 0.375 e. The Morgan fingerprint density at radius 3 is 2.62 bits per heavy atom. The van der Waals surface area contributed by atoms with E-state index in [1.807, 2.05) is 18.2 Å². The molecule has 0 radical (unpaired) electrons. The molecule has 0 aliphatic rings. The number of nitrogens with zero attached hydrogens (tertiary/aromatic N) is 2. The first-order chi connectivity index (χ1) is 12.6. The lowest BCUT2D eigenvalue weighted by Crippen LogP contribution is -2.21. The second-order valence-electron chi connectivity index (χ2n) is 5.59. The number of fused-ring (bicyclic) bond motifs is 1. The number of carbonyl (C=O) groups excluding carboxylic acids is 1. The van der Waals surface area contributed by atoms with Crippen molar-refractivity contribution in [2.45, 2.75) is 20.8 Å². The van der Waals surface area contributed by atoms with E-state index >= 15 is 0 Å².